The van der Waals surface area contributed by atoms with E-state index < -0.39 is 11.8 Å². The molecule has 1 aromatic heterocycles. The topological polar surface area (TPSA) is 102 Å². The number of carbonyl (C=O) groups is 2. The Labute approximate surface area is 176 Å². The third-order valence-electron chi connectivity index (χ3n) is 4.80. The second-order valence-electron chi connectivity index (χ2n) is 6.83. The van der Waals surface area contributed by atoms with Crippen molar-refractivity contribution in [2.75, 3.05) is 5.32 Å². The van der Waals surface area contributed by atoms with E-state index in [1.807, 2.05) is 42.5 Å². The molecule has 1 amide bonds. The molecular formula is C24H18N2O5. The molecule has 0 radical (unpaired) electrons. The number of benzene rings is 3. The van der Waals surface area contributed by atoms with Crippen LogP contribution in [0.5, 0.6) is 0 Å². The summed E-state index contributed by atoms with van der Waals surface area (Å²) in [4.78, 5) is 34.4. The first-order chi connectivity index (χ1) is 15.0. The number of allylic oxidation sites excluding steroid dienone is 1. The molecule has 0 saturated carbocycles. The molecule has 0 atom stereocenters. The molecule has 7 nitrogen and oxygen atoms in total. The number of aromatic nitrogens is 1. The first kappa shape index (κ1) is 19.9. The third-order valence-corrected chi connectivity index (χ3v) is 4.80. The monoisotopic (exact) mass is 414 g/mol. The van der Waals surface area contributed by atoms with Gasteiger partial charge in [-0.2, -0.15) is 0 Å². The minimum Gasteiger partial charge on any atom is -0.465 e. The summed E-state index contributed by atoms with van der Waals surface area (Å²) in [5, 5.41) is 11.6. The van der Waals surface area contributed by atoms with Crippen LogP contribution in [-0.4, -0.2) is 22.1 Å². The number of anilines is 1. The van der Waals surface area contributed by atoms with Gasteiger partial charge in [0.1, 0.15) is 6.29 Å². The lowest BCUT2D eigenvalue weighted by Crippen LogP contribution is -2.12. The highest BCUT2D eigenvalue weighted by atomic mass is 16.4. The average molecular weight is 414 g/mol. The van der Waals surface area contributed by atoms with E-state index in [9.17, 15) is 19.5 Å². The number of fused-ring (bicyclic) bond motifs is 1. The van der Waals surface area contributed by atoms with Gasteiger partial charge in [0, 0.05) is 17.7 Å². The van der Waals surface area contributed by atoms with Crippen LogP contribution in [0.25, 0.3) is 28.3 Å². The molecule has 154 valence electrons. The Morgan fingerprint density at radius 1 is 1.03 bits per heavy atom. The lowest BCUT2D eigenvalue weighted by atomic mass is 10.0. The molecule has 31 heavy (non-hydrogen) atoms. The number of rotatable bonds is 6. The van der Waals surface area contributed by atoms with Gasteiger partial charge in [0.15, 0.2) is 5.58 Å². The number of carboxylic acid groups (broad SMARTS) is 1. The average Bonchev–Trinajstić information content (AvgIpc) is 3.08. The smallest absolute Gasteiger partial charge is 0.420 e. The van der Waals surface area contributed by atoms with Gasteiger partial charge in [-0.15, -0.1) is 0 Å². The minimum atomic E-state index is -1.15. The van der Waals surface area contributed by atoms with Crippen LogP contribution in [0.2, 0.25) is 0 Å². The molecule has 0 saturated heterocycles. The summed E-state index contributed by atoms with van der Waals surface area (Å²) < 4.78 is 6.64. The van der Waals surface area contributed by atoms with Crippen LogP contribution in [0.4, 0.5) is 10.5 Å². The third kappa shape index (κ3) is 4.30. The highest BCUT2D eigenvalue weighted by molar-refractivity contribution is 5.91. The molecule has 0 unspecified atom stereocenters. The largest absolute Gasteiger partial charge is 0.465 e. The van der Waals surface area contributed by atoms with Crippen LogP contribution in [0.15, 0.2) is 82.0 Å². The number of nitrogens with zero attached hydrogens (tertiary/aromatic N) is 1. The molecule has 2 N–H and O–H groups in total. The van der Waals surface area contributed by atoms with Gasteiger partial charge in [-0.25, -0.2) is 9.59 Å². The summed E-state index contributed by atoms with van der Waals surface area (Å²) in [6, 6.07) is 19.7. The van der Waals surface area contributed by atoms with E-state index in [0.29, 0.717) is 28.6 Å². The maximum atomic E-state index is 12.2. The number of hydrogen-bond donors (Lipinski definition) is 2. The lowest BCUT2D eigenvalue weighted by molar-refractivity contribution is 0.112. The van der Waals surface area contributed by atoms with Crippen LogP contribution in [-0.2, 0) is 6.54 Å². The zero-order chi connectivity index (χ0) is 21.8. The van der Waals surface area contributed by atoms with E-state index in [2.05, 4.69) is 5.32 Å². The molecule has 3 aromatic carbocycles. The Hall–Kier alpha value is -4.39. The Balaban J connectivity index is 1.63. The van der Waals surface area contributed by atoms with Gasteiger partial charge in [-0.1, -0.05) is 54.6 Å². The Morgan fingerprint density at radius 2 is 1.81 bits per heavy atom. The van der Waals surface area contributed by atoms with E-state index in [0.717, 1.165) is 16.7 Å². The summed E-state index contributed by atoms with van der Waals surface area (Å²) >= 11 is 0. The van der Waals surface area contributed by atoms with E-state index in [1.165, 1.54) is 4.57 Å². The molecule has 7 heteroatoms. The summed E-state index contributed by atoms with van der Waals surface area (Å²) in [7, 11) is 0. The van der Waals surface area contributed by atoms with Crippen molar-refractivity contribution >= 4 is 35.2 Å². The van der Waals surface area contributed by atoms with Crippen molar-refractivity contribution < 1.29 is 19.1 Å². The Kier molecular flexibility index (Phi) is 5.49. The van der Waals surface area contributed by atoms with E-state index in [4.69, 9.17) is 4.42 Å². The van der Waals surface area contributed by atoms with Crippen LogP contribution in [0, 0.1) is 0 Å². The summed E-state index contributed by atoms with van der Waals surface area (Å²) in [6.07, 6.45) is 3.12. The Bertz CT molecular complexity index is 1350. The fourth-order valence-corrected chi connectivity index (χ4v) is 3.37. The maximum Gasteiger partial charge on any atom is 0.420 e. The van der Waals surface area contributed by atoms with Crippen molar-refractivity contribution in [1.29, 1.82) is 0 Å². The zero-order valence-corrected chi connectivity index (χ0v) is 16.3. The number of nitrogens with one attached hydrogen (secondary N) is 1. The van der Waals surface area contributed by atoms with Crippen molar-refractivity contribution in [3.8, 4) is 11.1 Å². The second-order valence-corrected chi connectivity index (χ2v) is 6.83. The second kappa shape index (κ2) is 8.54. The van der Waals surface area contributed by atoms with E-state index >= 15 is 0 Å². The minimum absolute atomic E-state index is 0.232. The van der Waals surface area contributed by atoms with Crippen molar-refractivity contribution in [3.63, 3.8) is 0 Å². The lowest BCUT2D eigenvalue weighted by Gasteiger charge is -2.10. The molecular weight excluding hydrogens is 396 g/mol. The van der Waals surface area contributed by atoms with Gasteiger partial charge in [0.2, 0.25) is 0 Å². The molecule has 0 bridgehead atoms. The fourth-order valence-electron chi connectivity index (χ4n) is 3.37. The number of oxazole rings is 1. The van der Waals surface area contributed by atoms with Crippen LogP contribution >= 0.6 is 0 Å². The number of aldehydes is 1. The molecule has 0 fully saturated rings. The van der Waals surface area contributed by atoms with Crippen LogP contribution in [0.1, 0.15) is 15.9 Å². The van der Waals surface area contributed by atoms with Crippen LogP contribution < -0.4 is 11.1 Å². The molecule has 0 aliphatic carbocycles. The highest BCUT2D eigenvalue weighted by Crippen LogP contribution is 2.29. The number of hydrogen-bond acceptors (Lipinski definition) is 4. The summed E-state index contributed by atoms with van der Waals surface area (Å²) in [5.41, 5.74) is 4.27. The first-order valence-electron chi connectivity index (χ1n) is 9.49. The van der Waals surface area contributed by atoms with Gasteiger partial charge < -0.3 is 9.52 Å². The van der Waals surface area contributed by atoms with Gasteiger partial charge in [0.25, 0.3) is 0 Å². The molecule has 0 aliphatic rings. The summed E-state index contributed by atoms with van der Waals surface area (Å²) in [6.45, 7) is 0.232. The molecule has 0 aliphatic heterocycles. The molecule has 4 rings (SSSR count). The fraction of sp³-hybridized carbons (Fsp3) is 0.0417. The standard InChI is InChI=1S/C24H18N2O5/c27-15-17-9-11-22-21(14-17)26(24(30)31-22)12-4-5-16-8-10-19(18-6-2-1-3-7-18)20(13-16)25-23(28)29/h1-11,13-15,25H,12H2,(H,28,29)/b5-4+. The van der Waals surface area contributed by atoms with E-state index in [-0.39, 0.29) is 6.54 Å². The molecule has 0 spiro atoms. The first-order valence-corrected chi connectivity index (χ1v) is 9.49. The number of amides is 1. The Morgan fingerprint density at radius 3 is 2.55 bits per heavy atom. The summed E-state index contributed by atoms with van der Waals surface area (Å²) in [5.74, 6) is -0.518. The predicted octanol–water partition coefficient (Wildman–Crippen LogP) is 4.88. The van der Waals surface area contributed by atoms with Gasteiger partial charge in [-0.05, 0) is 35.4 Å². The number of carbonyl (C=O) groups excluding carboxylic acids is 1. The van der Waals surface area contributed by atoms with Crippen molar-refractivity contribution in [2.45, 2.75) is 6.54 Å². The van der Waals surface area contributed by atoms with Crippen molar-refractivity contribution in [2.24, 2.45) is 0 Å². The van der Waals surface area contributed by atoms with E-state index in [1.54, 1.807) is 36.4 Å². The SMILES string of the molecule is O=Cc1ccc2oc(=O)n(C/C=C/c3ccc(-c4ccccc4)c(NC(=O)O)c3)c2c1. The quantitative estimate of drug-likeness (QED) is 0.438. The normalized spacial score (nSPS) is 11.1. The van der Waals surface area contributed by atoms with Crippen molar-refractivity contribution in [3.05, 3.63) is 94.5 Å². The van der Waals surface area contributed by atoms with Crippen LogP contribution in [0.3, 0.4) is 0 Å². The predicted molar refractivity (Wildman–Crippen MR) is 118 cm³/mol. The molecule has 1 heterocycles. The van der Waals surface area contributed by atoms with Gasteiger partial charge >= 0.3 is 11.8 Å². The van der Waals surface area contributed by atoms with Crippen molar-refractivity contribution in [1.82, 2.24) is 4.57 Å². The maximum absolute atomic E-state index is 12.2. The highest BCUT2D eigenvalue weighted by Gasteiger charge is 2.10. The van der Waals surface area contributed by atoms with Gasteiger partial charge in [-0.3, -0.25) is 14.7 Å². The zero-order valence-electron chi connectivity index (χ0n) is 16.3. The van der Waals surface area contributed by atoms with Gasteiger partial charge in [0.05, 0.1) is 11.2 Å². The molecule has 4 aromatic rings.